The summed E-state index contributed by atoms with van der Waals surface area (Å²) in [5, 5.41) is 21.6. The van der Waals surface area contributed by atoms with Crippen LogP contribution in [0.2, 0.25) is 0 Å². The Morgan fingerprint density at radius 3 is 2.77 bits per heavy atom. The summed E-state index contributed by atoms with van der Waals surface area (Å²) in [5.41, 5.74) is 4.41. The molecule has 0 saturated carbocycles. The molecule has 0 radical (unpaired) electrons. The second-order valence-corrected chi connectivity index (χ2v) is 7.38. The minimum Gasteiger partial charge on any atom is -0.493 e. The van der Waals surface area contributed by atoms with Crippen molar-refractivity contribution in [1.82, 2.24) is 4.98 Å². The largest absolute Gasteiger partial charge is 0.493 e. The number of rotatable bonds is 6. The third-order valence-electron chi connectivity index (χ3n) is 5.52. The Kier molecular flexibility index (Phi) is 5.72. The zero-order valence-electron chi connectivity index (χ0n) is 17.1. The van der Waals surface area contributed by atoms with Crippen molar-refractivity contribution in [2.24, 2.45) is 0 Å². The van der Waals surface area contributed by atoms with Gasteiger partial charge in [-0.25, -0.2) is 4.79 Å². The van der Waals surface area contributed by atoms with E-state index in [0.29, 0.717) is 24.4 Å². The lowest BCUT2D eigenvalue weighted by molar-refractivity contribution is 0.0697. The number of pyridine rings is 1. The molecule has 156 valence electrons. The molecule has 0 spiro atoms. The van der Waals surface area contributed by atoms with E-state index in [0.717, 1.165) is 29.1 Å². The number of carboxylic acid groups (broad SMARTS) is 1. The number of ether oxygens (including phenoxy) is 1. The highest BCUT2D eigenvalue weighted by Crippen LogP contribution is 2.38. The first-order valence-corrected chi connectivity index (χ1v) is 9.98. The van der Waals surface area contributed by atoms with Crippen LogP contribution < -0.4 is 15.0 Å². The SMILES string of the molecule is CN(c1ccc(C#N)cc1)c1ccc2c(c1)OCCC2CNc1cnccc1C(=O)O. The zero-order valence-corrected chi connectivity index (χ0v) is 17.1. The van der Waals surface area contributed by atoms with Gasteiger partial charge in [-0.15, -0.1) is 0 Å². The Hall–Kier alpha value is -4.05. The summed E-state index contributed by atoms with van der Waals surface area (Å²) < 4.78 is 5.93. The van der Waals surface area contributed by atoms with Gasteiger partial charge in [0.1, 0.15) is 5.75 Å². The van der Waals surface area contributed by atoms with Crippen molar-refractivity contribution >= 4 is 23.0 Å². The normalized spacial score (nSPS) is 14.6. The molecule has 1 atom stereocenters. The molecule has 2 heterocycles. The maximum absolute atomic E-state index is 11.4. The highest BCUT2D eigenvalue weighted by Gasteiger charge is 2.23. The lowest BCUT2D eigenvalue weighted by Crippen LogP contribution is -2.22. The second-order valence-electron chi connectivity index (χ2n) is 7.38. The Morgan fingerprint density at radius 2 is 2.03 bits per heavy atom. The number of nitrogens with zero attached hydrogens (tertiary/aromatic N) is 3. The smallest absolute Gasteiger partial charge is 0.337 e. The predicted molar refractivity (Wildman–Crippen MR) is 118 cm³/mol. The Labute approximate surface area is 180 Å². The average molecular weight is 414 g/mol. The molecule has 1 aliphatic heterocycles. The van der Waals surface area contributed by atoms with Crippen molar-refractivity contribution < 1.29 is 14.6 Å². The number of nitriles is 1. The van der Waals surface area contributed by atoms with Gasteiger partial charge >= 0.3 is 5.97 Å². The van der Waals surface area contributed by atoms with Gasteiger partial charge in [0.15, 0.2) is 0 Å². The third kappa shape index (κ3) is 4.28. The number of anilines is 3. The number of aromatic carboxylic acids is 1. The van der Waals surface area contributed by atoms with Crippen molar-refractivity contribution in [2.75, 3.05) is 30.4 Å². The zero-order chi connectivity index (χ0) is 21.8. The molecule has 4 rings (SSSR count). The monoisotopic (exact) mass is 414 g/mol. The first-order valence-electron chi connectivity index (χ1n) is 9.98. The van der Waals surface area contributed by atoms with E-state index in [1.807, 2.05) is 36.2 Å². The number of hydrogen-bond acceptors (Lipinski definition) is 6. The van der Waals surface area contributed by atoms with E-state index in [-0.39, 0.29) is 11.5 Å². The van der Waals surface area contributed by atoms with Crippen molar-refractivity contribution in [3.05, 3.63) is 77.6 Å². The molecular weight excluding hydrogens is 392 g/mol. The molecular formula is C24H22N4O3. The molecule has 0 saturated heterocycles. The highest BCUT2D eigenvalue weighted by atomic mass is 16.5. The number of nitrogens with one attached hydrogen (secondary N) is 1. The van der Waals surface area contributed by atoms with Gasteiger partial charge in [0.05, 0.1) is 35.7 Å². The van der Waals surface area contributed by atoms with E-state index in [9.17, 15) is 9.90 Å². The minimum absolute atomic E-state index is 0.194. The summed E-state index contributed by atoms with van der Waals surface area (Å²) in [7, 11) is 1.97. The topological polar surface area (TPSA) is 98.5 Å². The minimum atomic E-state index is -0.979. The summed E-state index contributed by atoms with van der Waals surface area (Å²) in [6, 6.07) is 17.2. The molecule has 0 amide bonds. The lowest BCUT2D eigenvalue weighted by atomic mass is 9.92. The number of fused-ring (bicyclic) bond motifs is 1. The van der Waals surface area contributed by atoms with E-state index >= 15 is 0 Å². The van der Waals surface area contributed by atoms with Crippen molar-refractivity contribution in [2.45, 2.75) is 12.3 Å². The number of carboxylic acids is 1. The van der Waals surface area contributed by atoms with Crippen LogP contribution in [0.15, 0.2) is 60.9 Å². The molecule has 0 bridgehead atoms. The maximum atomic E-state index is 11.4. The Balaban J connectivity index is 1.52. The summed E-state index contributed by atoms with van der Waals surface area (Å²) in [6.07, 6.45) is 3.86. The van der Waals surface area contributed by atoms with Gasteiger partial charge in [0.2, 0.25) is 0 Å². The van der Waals surface area contributed by atoms with E-state index in [1.165, 1.54) is 12.3 Å². The van der Waals surface area contributed by atoms with Gasteiger partial charge in [0, 0.05) is 43.1 Å². The predicted octanol–water partition coefficient (Wildman–Crippen LogP) is 4.40. The quantitative estimate of drug-likeness (QED) is 0.617. The molecule has 31 heavy (non-hydrogen) atoms. The molecule has 0 fully saturated rings. The molecule has 2 N–H and O–H groups in total. The Morgan fingerprint density at radius 1 is 1.26 bits per heavy atom. The van der Waals surface area contributed by atoms with Gasteiger partial charge in [-0.3, -0.25) is 4.98 Å². The van der Waals surface area contributed by atoms with Crippen LogP contribution in [-0.2, 0) is 0 Å². The number of benzene rings is 2. The molecule has 1 aliphatic rings. The van der Waals surface area contributed by atoms with E-state index in [2.05, 4.69) is 22.4 Å². The average Bonchev–Trinajstić information content (AvgIpc) is 2.82. The van der Waals surface area contributed by atoms with Crippen LogP contribution in [0.3, 0.4) is 0 Å². The number of carbonyl (C=O) groups is 1. The number of aromatic nitrogens is 1. The van der Waals surface area contributed by atoms with Crippen LogP contribution >= 0.6 is 0 Å². The van der Waals surface area contributed by atoms with Crippen LogP contribution in [0.4, 0.5) is 17.1 Å². The molecule has 3 aromatic rings. The van der Waals surface area contributed by atoms with Crippen LogP contribution in [0.25, 0.3) is 0 Å². The summed E-state index contributed by atoms with van der Waals surface area (Å²) in [5.74, 6) is 0.0494. The van der Waals surface area contributed by atoms with E-state index in [1.54, 1.807) is 18.3 Å². The summed E-state index contributed by atoms with van der Waals surface area (Å²) in [6.45, 7) is 1.19. The number of hydrogen-bond donors (Lipinski definition) is 2. The van der Waals surface area contributed by atoms with Crippen molar-refractivity contribution in [1.29, 1.82) is 5.26 Å². The second kappa shape index (κ2) is 8.76. The van der Waals surface area contributed by atoms with Crippen LogP contribution in [0.5, 0.6) is 5.75 Å². The lowest BCUT2D eigenvalue weighted by Gasteiger charge is -2.28. The van der Waals surface area contributed by atoms with Gasteiger partial charge in [-0.05, 0) is 48.4 Å². The maximum Gasteiger partial charge on any atom is 0.337 e. The first kappa shape index (κ1) is 20.2. The fourth-order valence-corrected chi connectivity index (χ4v) is 3.74. The van der Waals surface area contributed by atoms with Crippen LogP contribution in [0.1, 0.15) is 33.8 Å². The molecule has 1 unspecified atom stereocenters. The van der Waals surface area contributed by atoms with Crippen molar-refractivity contribution in [3.63, 3.8) is 0 Å². The van der Waals surface area contributed by atoms with Crippen molar-refractivity contribution in [3.8, 4) is 11.8 Å². The Bertz CT molecular complexity index is 1140. The molecule has 7 heteroatoms. The fraction of sp³-hybridized carbons (Fsp3) is 0.208. The summed E-state index contributed by atoms with van der Waals surface area (Å²) in [4.78, 5) is 17.5. The standard InChI is InChI=1S/C24H22N4O3/c1-28(18-4-2-16(13-25)3-5-18)19-6-7-20-17(9-11-31-23(20)12-19)14-27-22-15-26-10-8-21(22)24(29)30/h2-8,10,12,15,17,27H,9,11,14H2,1H3,(H,29,30). The first-order chi connectivity index (χ1) is 15.1. The van der Waals surface area contributed by atoms with Gasteiger partial charge in [-0.1, -0.05) is 6.07 Å². The molecule has 2 aromatic carbocycles. The van der Waals surface area contributed by atoms with E-state index < -0.39 is 5.97 Å². The molecule has 0 aliphatic carbocycles. The summed E-state index contributed by atoms with van der Waals surface area (Å²) >= 11 is 0. The van der Waals surface area contributed by atoms with Gasteiger partial charge in [0.25, 0.3) is 0 Å². The third-order valence-corrected chi connectivity index (χ3v) is 5.52. The molecule has 7 nitrogen and oxygen atoms in total. The molecule has 1 aromatic heterocycles. The van der Waals surface area contributed by atoms with Crippen LogP contribution in [-0.4, -0.2) is 36.3 Å². The highest BCUT2D eigenvalue weighted by molar-refractivity contribution is 5.93. The van der Waals surface area contributed by atoms with Gasteiger partial charge < -0.3 is 20.1 Å². The fourth-order valence-electron chi connectivity index (χ4n) is 3.74. The van der Waals surface area contributed by atoms with Gasteiger partial charge in [-0.2, -0.15) is 5.26 Å². The van der Waals surface area contributed by atoms with Crippen LogP contribution in [0, 0.1) is 11.3 Å². The van der Waals surface area contributed by atoms with E-state index in [4.69, 9.17) is 10.00 Å².